The van der Waals surface area contributed by atoms with Crippen LogP contribution in [0.5, 0.6) is 5.75 Å². The SMILES string of the molecule is COc1ccc(CCC(=O)NC2CCC(=O)CC2)cc1. The van der Waals surface area contributed by atoms with Gasteiger partial charge < -0.3 is 10.1 Å². The molecule has 1 amide bonds. The molecule has 108 valence electrons. The molecule has 0 radical (unpaired) electrons. The van der Waals surface area contributed by atoms with Gasteiger partial charge in [0.15, 0.2) is 0 Å². The molecule has 0 heterocycles. The average Bonchev–Trinajstić information content (AvgIpc) is 2.48. The van der Waals surface area contributed by atoms with Gasteiger partial charge in [-0.2, -0.15) is 0 Å². The largest absolute Gasteiger partial charge is 0.497 e. The third-order valence-corrected chi connectivity index (χ3v) is 3.71. The summed E-state index contributed by atoms with van der Waals surface area (Å²) in [6.07, 6.45) is 3.98. The first-order valence-corrected chi connectivity index (χ1v) is 7.11. The highest BCUT2D eigenvalue weighted by Gasteiger charge is 2.19. The van der Waals surface area contributed by atoms with Crippen LogP contribution >= 0.6 is 0 Å². The summed E-state index contributed by atoms with van der Waals surface area (Å²) < 4.78 is 5.10. The zero-order valence-corrected chi connectivity index (χ0v) is 11.9. The van der Waals surface area contributed by atoms with Crippen LogP contribution in [0.4, 0.5) is 0 Å². The quantitative estimate of drug-likeness (QED) is 0.896. The molecule has 0 spiro atoms. The summed E-state index contributed by atoms with van der Waals surface area (Å²) >= 11 is 0. The summed E-state index contributed by atoms with van der Waals surface area (Å²) in [6, 6.07) is 7.94. The molecule has 0 bridgehead atoms. The monoisotopic (exact) mass is 275 g/mol. The summed E-state index contributed by atoms with van der Waals surface area (Å²) in [7, 11) is 1.64. The van der Waals surface area contributed by atoms with Gasteiger partial charge in [0.2, 0.25) is 5.91 Å². The van der Waals surface area contributed by atoms with Crippen molar-refractivity contribution in [3.8, 4) is 5.75 Å². The van der Waals surface area contributed by atoms with Crippen molar-refractivity contribution in [3.63, 3.8) is 0 Å². The highest BCUT2D eigenvalue weighted by Crippen LogP contribution is 2.15. The Morgan fingerprint density at radius 3 is 2.50 bits per heavy atom. The molecule has 1 fully saturated rings. The highest BCUT2D eigenvalue weighted by atomic mass is 16.5. The van der Waals surface area contributed by atoms with Gasteiger partial charge >= 0.3 is 0 Å². The lowest BCUT2D eigenvalue weighted by Crippen LogP contribution is -2.37. The lowest BCUT2D eigenvalue weighted by atomic mass is 9.94. The molecular weight excluding hydrogens is 254 g/mol. The second-order valence-electron chi connectivity index (χ2n) is 5.23. The number of aryl methyl sites for hydroxylation is 1. The van der Waals surface area contributed by atoms with Crippen molar-refractivity contribution in [1.29, 1.82) is 0 Å². The molecule has 4 nitrogen and oxygen atoms in total. The number of benzene rings is 1. The van der Waals surface area contributed by atoms with Gasteiger partial charge in [-0.05, 0) is 37.0 Å². The molecule has 0 saturated heterocycles. The van der Waals surface area contributed by atoms with E-state index in [1.165, 1.54) is 0 Å². The first-order chi connectivity index (χ1) is 9.67. The maximum atomic E-state index is 11.9. The number of ketones is 1. The molecule has 1 N–H and O–H groups in total. The number of Topliss-reactive ketones (excluding diaryl/α,β-unsaturated/α-hetero) is 1. The van der Waals surface area contributed by atoms with Gasteiger partial charge in [-0.15, -0.1) is 0 Å². The molecule has 0 unspecified atom stereocenters. The molecule has 4 heteroatoms. The zero-order valence-electron chi connectivity index (χ0n) is 11.9. The molecule has 20 heavy (non-hydrogen) atoms. The van der Waals surface area contributed by atoms with Crippen LogP contribution in [0.15, 0.2) is 24.3 Å². The molecule has 1 aromatic rings. The van der Waals surface area contributed by atoms with Gasteiger partial charge in [0, 0.05) is 25.3 Å². The fraction of sp³-hybridized carbons (Fsp3) is 0.500. The van der Waals surface area contributed by atoms with E-state index >= 15 is 0 Å². The van der Waals surface area contributed by atoms with Crippen molar-refractivity contribution in [1.82, 2.24) is 5.32 Å². The maximum absolute atomic E-state index is 11.9. The second kappa shape index (κ2) is 7.08. The first-order valence-electron chi connectivity index (χ1n) is 7.11. The van der Waals surface area contributed by atoms with Crippen LogP contribution in [-0.4, -0.2) is 24.8 Å². The molecule has 1 saturated carbocycles. The molecule has 1 aliphatic carbocycles. The number of hydrogen-bond donors (Lipinski definition) is 1. The molecule has 0 atom stereocenters. The van der Waals surface area contributed by atoms with E-state index in [0.717, 1.165) is 30.6 Å². The van der Waals surface area contributed by atoms with Gasteiger partial charge in [0.25, 0.3) is 0 Å². The van der Waals surface area contributed by atoms with Crippen LogP contribution < -0.4 is 10.1 Å². The van der Waals surface area contributed by atoms with Crippen molar-refractivity contribution in [2.75, 3.05) is 7.11 Å². The summed E-state index contributed by atoms with van der Waals surface area (Å²) in [5.74, 6) is 1.21. The molecule has 2 rings (SSSR count). The van der Waals surface area contributed by atoms with E-state index in [2.05, 4.69) is 5.32 Å². The van der Waals surface area contributed by atoms with Gasteiger partial charge in [0.05, 0.1) is 7.11 Å². The fourth-order valence-corrected chi connectivity index (χ4v) is 2.43. The Kier molecular flexibility index (Phi) is 5.16. The summed E-state index contributed by atoms with van der Waals surface area (Å²) in [4.78, 5) is 23.0. The Morgan fingerprint density at radius 2 is 1.90 bits per heavy atom. The maximum Gasteiger partial charge on any atom is 0.220 e. The standard InChI is InChI=1S/C16H21NO3/c1-20-15-9-2-12(3-10-15)4-11-16(19)17-13-5-7-14(18)8-6-13/h2-3,9-10,13H,4-8,11H2,1H3,(H,17,19). The van der Waals surface area contributed by atoms with Gasteiger partial charge in [-0.3, -0.25) is 9.59 Å². The second-order valence-corrected chi connectivity index (χ2v) is 5.23. The van der Waals surface area contributed by atoms with Crippen molar-refractivity contribution >= 4 is 11.7 Å². The number of carbonyl (C=O) groups is 2. The summed E-state index contributed by atoms with van der Waals surface area (Å²) in [5.41, 5.74) is 1.12. The van der Waals surface area contributed by atoms with Crippen LogP contribution in [0.25, 0.3) is 0 Å². The van der Waals surface area contributed by atoms with E-state index in [-0.39, 0.29) is 11.9 Å². The number of carbonyl (C=O) groups excluding carboxylic acids is 2. The van der Waals surface area contributed by atoms with Crippen molar-refractivity contribution in [3.05, 3.63) is 29.8 Å². The lowest BCUT2D eigenvalue weighted by molar-refractivity contribution is -0.124. The van der Waals surface area contributed by atoms with Gasteiger partial charge in [-0.25, -0.2) is 0 Å². The molecule has 0 aliphatic heterocycles. The predicted octanol–water partition coefficient (Wildman–Crippen LogP) is 2.26. The summed E-state index contributed by atoms with van der Waals surface area (Å²) in [5, 5.41) is 3.02. The number of methoxy groups -OCH3 is 1. The Hall–Kier alpha value is -1.84. The average molecular weight is 275 g/mol. The van der Waals surface area contributed by atoms with Gasteiger partial charge in [-0.1, -0.05) is 12.1 Å². The van der Waals surface area contributed by atoms with Crippen LogP contribution in [0.3, 0.4) is 0 Å². The van der Waals surface area contributed by atoms with E-state index in [1.807, 2.05) is 24.3 Å². The zero-order chi connectivity index (χ0) is 14.4. The van der Waals surface area contributed by atoms with Crippen molar-refractivity contribution < 1.29 is 14.3 Å². The topological polar surface area (TPSA) is 55.4 Å². The van der Waals surface area contributed by atoms with E-state index in [9.17, 15) is 9.59 Å². The lowest BCUT2D eigenvalue weighted by Gasteiger charge is -2.22. The minimum atomic E-state index is 0.0696. The van der Waals surface area contributed by atoms with Crippen LogP contribution in [-0.2, 0) is 16.0 Å². The van der Waals surface area contributed by atoms with Crippen molar-refractivity contribution in [2.45, 2.75) is 44.6 Å². The number of rotatable bonds is 5. The van der Waals surface area contributed by atoms with Crippen LogP contribution in [0.2, 0.25) is 0 Å². The normalized spacial score (nSPS) is 15.9. The molecule has 1 aliphatic rings. The van der Waals surface area contributed by atoms with E-state index in [4.69, 9.17) is 4.74 Å². The van der Waals surface area contributed by atoms with Crippen molar-refractivity contribution in [2.24, 2.45) is 0 Å². The minimum absolute atomic E-state index is 0.0696. The van der Waals surface area contributed by atoms with Gasteiger partial charge in [0.1, 0.15) is 11.5 Å². The Bertz CT molecular complexity index is 457. The Labute approximate surface area is 119 Å². The molecule has 1 aromatic carbocycles. The fourth-order valence-electron chi connectivity index (χ4n) is 2.43. The third-order valence-electron chi connectivity index (χ3n) is 3.71. The van der Waals surface area contributed by atoms with Crippen LogP contribution in [0.1, 0.15) is 37.7 Å². The third kappa shape index (κ3) is 4.37. The Morgan fingerprint density at radius 1 is 1.25 bits per heavy atom. The highest BCUT2D eigenvalue weighted by molar-refractivity contribution is 5.80. The number of ether oxygens (including phenoxy) is 1. The Balaban J connectivity index is 1.72. The first kappa shape index (κ1) is 14.6. The predicted molar refractivity (Wildman–Crippen MR) is 76.7 cm³/mol. The molecule has 0 aromatic heterocycles. The number of hydrogen-bond acceptors (Lipinski definition) is 3. The van der Waals surface area contributed by atoms with Crippen LogP contribution in [0, 0.1) is 0 Å². The van der Waals surface area contributed by atoms with E-state index in [1.54, 1.807) is 7.11 Å². The van der Waals surface area contributed by atoms with E-state index in [0.29, 0.717) is 25.0 Å². The molecular formula is C16H21NO3. The van der Waals surface area contributed by atoms with E-state index < -0.39 is 0 Å². The summed E-state index contributed by atoms with van der Waals surface area (Å²) in [6.45, 7) is 0. The number of amides is 1. The smallest absolute Gasteiger partial charge is 0.220 e. The number of nitrogens with one attached hydrogen (secondary N) is 1. The minimum Gasteiger partial charge on any atom is -0.497 e.